The van der Waals surface area contributed by atoms with Crippen LogP contribution in [0.1, 0.15) is 60.1 Å². The van der Waals surface area contributed by atoms with Gasteiger partial charge in [0, 0.05) is 50.3 Å². The largest absolute Gasteiger partial charge is 0.356 e. The number of hydrogen-bond donors (Lipinski definition) is 0. The summed E-state index contributed by atoms with van der Waals surface area (Å²) in [4.78, 5) is 29.6. The van der Waals surface area contributed by atoms with E-state index < -0.39 is 0 Å². The topological polar surface area (TPSA) is 52.6 Å². The van der Waals surface area contributed by atoms with Gasteiger partial charge in [0.2, 0.25) is 5.95 Å². The molecule has 0 aliphatic carbocycles. The molecule has 0 spiro atoms. The number of aromatic nitrogens is 2. The van der Waals surface area contributed by atoms with Crippen molar-refractivity contribution in [2.45, 2.75) is 51.5 Å². The molecule has 1 aromatic carbocycles. The van der Waals surface area contributed by atoms with Crippen LogP contribution < -0.4 is 9.80 Å². The van der Waals surface area contributed by atoms with Crippen LogP contribution in [0.15, 0.2) is 24.3 Å². The third kappa shape index (κ3) is 4.23. The van der Waals surface area contributed by atoms with Gasteiger partial charge in [-0.2, -0.15) is 4.98 Å². The lowest BCUT2D eigenvalue weighted by Gasteiger charge is -2.36. The lowest BCUT2D eigenvalue weighted by molar-refractivity contribution is 0.0733. The van der Waals surface area contributed by atoms with Crippen molar-refractivity contribution in [3.05, 3.63) is 46.9 Å². The van der Waals surface area contributed by atoms with Crippen LogP contribution in [0.5, 0.6) is 0 Å². The third-order valence-electron chi connectivity index (χ3n) is 6.68. The zero-order valence-corrected chi connectivity index (χ0v) is 18.0. The first kappa shape index (κ1) is 20.2. The van der Waals surface area contributed by atoms with Crippen LogP contribution in [0.3, 0.4) is 0 Å². The summed E-state index contributed by atoms with van der Waals surface area (Å²) in [5.74, 6) is 1.34. The maximum Gasteiger partial charge on any atom is 0.254 e. The zero-order chi connectivity index (χ0) is 21.2. The summed E-state index contributed by atoms with van der Waals surface area (Å²) >= 11 is 0. The van der Waals surface area contributed by atoms with E-state index in [0.29, 0.717) is 25.1 Å². The van der Waals surface area contributed by atoms with Crippen molar-refractivity contribution in [2.24, 2.45) is 0 Å². The van der Waals surface area contributed by atoms with E-state index in [9.17, 15) is 9.18 Å². The average Bonchev–Trinajstić information content (AvgIpc) is 2.83. The Morgan fingerprint density at radius 1 is 0.871 bits per heavy atom. The Hall–Kier alpha value is -2.70. The van der Waals surface area contributed by atoms with Gasteiger partial charge in [-0.05, 0) is 56.7 Å². The molecule has 1 amide bonds. The van der Waals surface area contributed by atoms with E-state index in [1.807, 2.05) is 4.90 Å². The minimum absolute atomic E-state index is 0.130. The maximum absolute atomic E-state index is 13.7. The molecule has 2 aromatic rings. The van der Waals surface area contributed by atoms with Crippen LogP contribution in [-0.2, 0) is 13.0 Å². The van der Waals surface area contributed by atoms with Gasteiger partial charge in [0.25, 0.3) is 5.91 Å². The molecule has 7 heteroatoms. The van der Waals surface area contributed by atoms with Gasteiger partial charge in [0.1, 0.15) is 11.6 Å². The van der Waals surface area contributed by atoms with Crippen molar-refractivity contribution in [3.63, 3.8) is 0 Å². The van der Waals surface area contributed by atoms with E-state index in [-0.39, 0.29) is 11.7 Å². The number of anilines is 2. The summed E-state index contributed by atoms with van der Waals surface area (Å²) in [5.41, 5.74) is 2.53. The highest BCUT2D eigenvalue weighted by molar-refractivity contribution is 5.94. The Labute approximate surface area is 183 Å². The molecule has 3 aliphatic heterocycles. The van der Waals surface area contributed by atoms with Gasteiger partial charge in [-0.1, -0.05) is 6.07 Å². The highest BCUT2D eigenvalue weighted by Gasteiger charge is 2.30. The number of piperidine rings is 2. The molecule has 4 heterocycles. The van der Waals surface area contributed by atoms with E-state index in [1.165, 1.54) is 50.7 Å². The lowest BCUT2D eigenvalue weighted by atomic mass is 10.0. The van der Waals surface area contributed by atoms with Crippen molar-refractivity contribution in [2.75, 3.05) is 42.5 Å². The van der Waals surface area contributed by atoms with E-state index >= 15 is 0 Å². The van der Waals surface area contributed by atoms with Crippen molar-refractivity contribution in [3.8, 4) is 0 Å². The monoisotopic (exact) mass is 423 g/mol. The predicted octanol–water partition coefficient (Wildman–Crippen LogP) is 3.79. The molecule has 2 fully saturated rings. The second kappa shape index (κ2) is 8.81. The molecule has 31 heavy (non-hydrogen) atoms. The number of carbonyl (C=O) groups excluding carboxylic acids is 1. The second-order valence-electron chi connectivity index (χ2n) is 8.85. The highest BCUT2D eigenvalue weighted by Crippen LogP contribution is 2.32. The minimum Gasteiger partial charge on any atom is -0.356 e. The van der Waals surface area contributed by atoms with Gasteiger partial charge < -0.3 is 14.7 Å². The van der Waals surface area contributed by atoms with Gasteiger partial charge in [-0.3, -0.25) is 4.79 Å². The molecule has 0 radical (unpaired) electrons. The molecule has 6 nitrogen and oxygen atoms in total. The smallest absolute Gasteiger partial charge is 0.254 e. The first-order valence-electron chi connectivity index (χ1n) is 11.6. The summed E-state index contributed by atoms with van der Waals surface area (Å²) in [6.07, 6.45) is 7.96. The van der Waals surface area contributed by atoms with Crippen LogP contribution in [-0.4, -0.2) is 53.5 Å². The van der Waals surface area contributed by atoms with Crippen LogP contribution in [0.4, 0.5) is 16.2 Å². The second-order valence-corrected chi connectivity index (χ2v) is 8.85. The molecule has 0 saturated carbocycles. The number of fused-ring (bicyclic) bond motifs is 1. The molecule has 2 saturated heterocycles. The SMILES string of the molecule is O=C(c1cccc(F)c1)N1CCc2nc(N3CCCCC3)nc(N3CCCCC3)c2C1. The number of carbonyl (C=O) groups is 1. The van der Waals surface area contributed by atoms with Crippen molar-refractivity contribution in [1.82, 2.24) is 14.9 Å². The van der Waals surface area contributed by atoms with Gasteiger partial charge in [0.15, 0.2) is 0 Å². The Morgan fingerprint density at radius 2 is 1.58 bits per heavy atom. The number of nitrogens with zero attached hydrogens (tertiary/aromatic N) is 5. The van der Waals surface area contributed by atoms with Crippen LogP contribution in [0, 0.1) is 5.82 Å². The first-order valence-corrected chi connectivity index (χ1v) is 11.6. The number of benzene rings is 1. The zero-order valence-electron chi connectivity index (χ0n) is 18.0. The quantitative estimate of drug-likeness (QED) is 0.752. The van der Waals surface area contributed by atoms with Crippen LogP contribution in [0.25, 0.3) is 0 Å². The maximum atomic E-state index is 13.7. The number of hydrogen-bond acceptors (Lipinski definition) is 5. The molecular formula is C24H30FN5O. The molecular weight excluding hydrogens is 393 g/mol. The molecule has 1 aromatic heterocycles. The summed E-state index contributed by atoms with van der Waals surface area (Å²) in [7, 11) is 0. The number of rotatable bonds is 3. The standard InChI is InChI=1S/C24H30FN5O/c25-19-9-7-8-18(16-19)23(31)30-15-10-21-20(17-30)22(28-11-3-1-4-12-28)27-24(26-21)29-13-5-2-6-14-29/h7-9,16H,1-6,10-15,17H2. The molecule has 0 atom stereocenters. The number of halogens is 1. The molecule has 0 unspecified atom stereocenters. The van der Waals surface area contributed by atoms with E-state index in [2.05, 4.69) is 9.80 Å². The molecule has 5 rings (SSSR count). The Bertz CT molecular complexity index is 953. The van der Waals surface area contributed by atoms with Crippen molar-refractivity contribution in [1.29, 1.82) is 0 Å². The predicted molar refractivity (Wildman–Crippen MR) is 119 cm³/mol. The summed E-state index contributed by atoms with van der Waals surface area (Å²) in [5, 5.41) is 0. The third-order valence-corrected chi connectivity index (χ3v) is 6.68. The summed E-state index contributed by atoms with van der Waals surface area (Å²) < 4.78 is 13.7. The normalized spacial score (nSPS) is 19.3. The molecule has 0 N–H and O–H groups in total. The fourth-order valence-corrected chi connectivity index (χ4v) is 4.96. The molecule has 164 valence electrons. The van der Waals surface area contributed by atoms with E-state index in [1.54, 1.807) is 12.1 Å². The van der Waals surface area contributed by atoms with Crippen molar-refractivity contribution < 1.29 is 9.18 Å². The lowest BCUT2D eigenvalue weighted by Crippen LogP contribution is -2.40. The van der Waals surface area contributed by atoms with E-state index in [0.717, 1.165) is 49.2 Å². The Morgan fingerprint density at radius 3 is 2.29 bits per heavy atom. The van der Waals surface area contributed by atoms with Crippen molar-refractivity contribution >= 4 is 17.7 Å². The van der Waals surface area contributed by atoms with Gasteiger partial charge in [0.05, 0.1) is 12.2 Å². The molecule has 3 aliphatic rings. The Balaban J connectivity index is 1.47. The summed E-state index contributed by atoms with van der Waals surface area (Å²) in [6, 6.07) is 5.96. The van der Waals surface area contributed by atoms with Gasteiger partial charge in [-0.25, -0.2) is 9.37 Å². The number of amides is 1. The fourth-order valence-electron chi connectivity index (χ4n) is 4.96. The average molecular weight is 424 g/mol. The fraction of sp³-hybridized carbons (Fsp3) is 0.542. The van der Waals surface area contributed by atoms with Gasteiger partial charge in [-0.15, -0.1) is 0 Å². The first-order chi connectivity index (χ1) is 15.2. The van der Waals surface area contributed by atoms with Crippen LogP contribution >= 0.6 is 0 Å². The summed E-state index contributed by atoms with van der Waals surface area (Å²) in [6.45, 7) is 5.11. The van der Waals surface area contributed by atoms with Crippen LogP contribution in [0.2, 0.25) is 0 Å². The minimum atomic E-state index is -0.383. The van der Waals surface area contributed by atoms with E-state index in [4.69, 9.17) is 9.97 Å². The Kier molecular flexibility index (Phi) is 5.74. The van der Waals surface area contributed by atoms with Gasteiger partial charge >= 0.3 is 0 Å². The highest BCUT2D eigenvalue weighted by atomic mass is 19.1. The molecule has 0 bridgehead atoms.